The van der Waals surface area contributed by atoms with E-state index in [-0.39, 0.29) is 18.0 Å². The standard InChI is InChI=1S/C19H27N7O3/c1-4-21-18(28)24-19-23-14(12-29-19)11-25-7-9-26(10-8-25)16-6-5-15(17(27)20-3)22-13(16)2/h5-6,12H,4,7-11H2,1-3H3,(H,20,27)(H2,21,23,24,28). The van der Waals surface area contributed by atoms with Gasteiger partial charge in [-0.15, -0.1) is 0 Å². The van der Waals surface area contributed by atoms with E-state index < -0.39 is 0 Å². The van der Waals surface area contributed by atoms with Crippen LogP contribution in [0, 0.1) is 6.92 Å². The zero-order valence-corrected chi connectivity index (χ0v) is 17.0. The quantitative estimate of drug-likeness (QED) is 0.666. The molecular formula is C19H27N7O3. The molecule has 0 unspecified atom stereocenters. The molecule has 1 aliphatic heterocycles. The Morgan fingerprint density at radius 3 is 2.59 bits per heavy atom. The molecule has 1 saturated heterocycles. The lowest BCUT2D eigenvalue weighted by atomic mass is 10.2. The molecule has 0 bridgehead atoms. The predicted molar refractivity (Wildman–Crippen MR) is 109 cm³/mol. The minimum Gasteiger partial charge on any atom is -0.432 e. The maximum Gasteiger partial charge on any atom is 0.322 e. The van der Waals surface area contributed by atoms with Gasteiger partial charge >= 0.3 is 12.0 Å². The molecule has 10 nitrogen and oxygen atoms in total. The van der Waals surface area contributed by atoms with Crippen LogP contribution in [0.25, 0.3) is 0 Å². The molecule has 2 aromatic rings. The highest BCUT2D eigenvalue weighted by molar-refractivity contribution is 5.92. The molecule has 29 heavy (non-hydrogen) atoms. The van der Waals surface area contributed by atoms with Crippen molar-refractivity contribution in [2.75, 3.05) is 50.0 Å². The van der Waals surface area contributed by atoms with Crippen LogP contribution in [0.5, 0.6) is 0 Å². The number of rotatable bonds is 6. The fourth-order valence-electron chi connectivity index (χ4n) is 3.26. The Labute approximate surface area is 169 Å². The van der Waals surface area contributed by atoms with Crippen molar-refractivity contribution < 1.29 is 14.0 Å². The maximum absolute atomic E-state index is 11.7. The Kier molecular flexibility index (Phi) is 6.65. The van der Waals surface area contributed by atoms with Gasteiger partial charge in [-0.25, -0.2) is 9.78 Å². The van der Waals surface area contributed by atoms with E-state index in [1.807, 2.05) is 19.9 Å². The van der Waals surface area contributed by atoms with Crippen molar-refractivity contribution in [2.24, 2.45) is 0 Å². The van der Waals surface area contributed by atoms with E-state index in [1.54, 1.807) is 19.4 Å². The fraction of sp³-hybridized carbons (Fsp3) is 0.474. The summed E-state index contributed by atoms with van der Waals surface area (Å²) in [6, 6.07) is 3.58. The molecule has 0 spiro atoms. The van der Waals surface area contributed by atoms with Gasteiger partial charge in [0, 0.05) is 46.3 Å². The average Bonchev–Trinajstić information content (AvgIpc) is 3.14. The molecule has 0 atom stereocenters. The number of oxazole rings is 1. The van der Waals surface area contributed by atoms with Crippen LogP contribution in [-0.4, -0.2) is 66.6 Å². The summed E-state index contributed by atoms with van der Waals surface area (Å²) in [5.74, 6) is -0.182. The average molecular weight is 401 g/mol. The van der Waals surface area contributed by atoms with Gasteiger partial charge in [-0.2, -0.15) is 4.98 Å². The third kappa shape index (κ3) is 5.23. The van der Waals surface area contributed by atoms with Crippen molar-refractivity contribution in [1.29, 1.82) is 0 Å². The summed E-state index contributed by atoms with van der Waals surface area (Å²) >= 11 is 0. The van der Waals surface area contributed by atoms with Crippen molar-refractivity contribution in [3.63, 3.8) is 0 Å². The van der Waals surface area contributed by atoms with E-state index in [2.05, 4.69) is 35.7 Å². The first-order chi connectivity index (χ1) is 14.0. The second kappa shape index (κ2) is 9.37. The summed E-state index contributed by atoms with van der Waals surface area (Å²) in [6.07, 6.45) is 1.57. The van der Waals surface area contributed by atoms with Crippen LogP contribution in [-0.2, 0) is 6.54 Å². The molecule has 0 aromatic carbocycles. The third-order valence-electron chi connectivity index (χ3n) is 4.73. The second-order valence-corrected chi connectivity index (χ2v) is 6.77. The molecule has 3 N–H and O–H groups in total. The Morgan fingerprint density at radius 1 is 1.17 bits per heavy atom. The number of carbonyl (C=O) groups is 2. The van der Waals surface area contributed by atoms with Gasteiger partial charge in [-0.1, -0.05) is 0 Å². The van der Waals surface area contributed by atoms with Crippen LogP contribution >= 0.6 is 0 Å². The molecule has 0 saturated carbocycles. The van der Waals surface area contributed by atoms with Crippen LogP contribution < -0.4 is 20.9 Å². The van der Waals surface area contributed by atoms with Crippen molar-refractivity contribution in [1.82, 2.24) is 25.5 Å². The van der Waals surface area contributed by atoms with E-state index in [1.165, 1.54) is 0 Å². The van der Waals surface area contributed by atoms with Gasteiger partial charge in [-0.05, 0) is 26.0 Å². The molecule has 3 rings (SSSR count). The second-order valence-electron chi connectivity index (χ2n) is 6.77. The molecule has 1 aliphatic rings. The molecule has 3 heterocycles. The number of hydrogen-bond acceptors (Lipinski definition) is 7. The number of anilines is 2. The molecule has 10 heteroatoms. The predicted octanol–water partition coefficient (Wildman–Crippen LogP) is 1.20. The van der Waals surface area contributed by atoms with E-state index in [0.717, 1.165) is 43.3 Å². The Morgan fingerprint density at radius 2 is 1.93 bits per heavy atom. The molecule has 3 amide bonds. The summed E-state index contributed by atoms with van der Waals surface area (Å²) in [6.45, 7) is 8.38. The maximum atomic E-state index is 11.7. The Bertz CT molecular complexity index is 859. The van der Waals surface area contributed by atoms with Gasteiger partial charge in [0.25, 0.3) is 5.91 Å². The van der Waals surface area contributed by atoms with Gasteiger partial charge < -0.3 is 20.0 Å². The highest BCUT2D eigenvalue weighted by Crippen LogP contribution is 2.21. The van der Waals surface area contributed by atoms with Crippen LogP contribution in [0.4, 0.5) is 16.5 Å². The molecule has 0 radical (unpaired) electrons. The molecule has 156 valence electrons. The number of aromatic nitrogens is 2. The number of hydrogen-bond donors (Lipinski definition) is 3. The number of carbonyl (C=O) groups excluding carboxylic acids is 2. The summed E-state index contributed by atoms with van der Waals surface area (Å²) in [5, 5.41) is 7.78. The summed E-state index contributed by atoms with van der Waals surface area (Å²) in [7, 11) is 1.60. The molecular weight excluding hydrogens is 374 g/mol. The van der Waals surface area contributed by atoms with Gasteiger partial charge in [0.1, 0.15) is 12.0 Å². The van der Waals surface area contributed by atoms with Crippen molar-refractivity contribution in [2.45, 2.75) is 20.4 Å². The van der Waals surface area contributed by atoms with Crippen molar-refractivity contribution in [3.8, 4) is 0 Å². The largest absolute Gasteiger partial charge is 0.432 e. The highest BCUT2D eigenvalue weighted by Gasteiger charge is 2.21. The smallest absolute Gasteiger partial charge is 0.322 e. The zero-order chi connectivity index (χ0) is 20.8. The minimum atomic E-state index is -0.332. The van der Waals surface area contributed by atoms with Crippen LogP contribution in [0.15, 0.2) is 22.8 Å². The number of pyridine rings is 1. The molecule has 2 aromatic heterocycles. The van der Waals surface area contributed by atoms with E-state index in [4.69, 9.17) is 4.42 Å². The van der Waals surface area contributed by atoms with Crippen LogP contribution in [0.3, 0.4) is 0 Å². The molecule has 0 aliphatic carbocycles. The summed E-state index contributed by atoms with van der Waals surface area (Å²) in [4.78, 5) is 36.5. The summed E-state index contributed by atoms with van der Waals surface area (Å²) < 4.78 is 5.31. The van der Waals surface area contributed by atoms with Gasteiger partial charge in [-0.3, -0.25) is 15.0 Å². The van der Waals surface area contributed by atoms with E-state index >= 15 is 0 Å². The summed E-state index contributed by atoms with van der Waals surface area (Å²) in [5.41, 5.74) is 3.10. The first-order valence-electron chi connectivity index (χ1n) is 9.66. The van der Waals surface area contributed by atoms with Crippen molar-refractivity contribution >= 4 is 23.6 Å². The van der Waals surface area contributed by atoms with Crippen molar-refractivity contribution in [3.05, 3.63) is 35.5 Å². The number of nitrogens with zero attached hydrogens (tertiary/aromatic N) is 4. The Hall–Kier alpha value is -3.14. The lowest BCUT2D eigenvalue weighted by Gasteiger charge is -2.36. The van der Waals surface area contributed by atoms with Gasteiger partial charge in [0.05, 0.1) is 17.1 Å². The monoisotopic (exact) mass is 401 g/mol. The van der Waals surface area contributed by atoms with E-state index in [0.29, 0.717) is 18.8 Å². The van der Waals surface area contributed by atoms with E-state index in [9.17, 15) is 9.59 Å². The lowest BCUT2D eigenvalue weighted by Crippen LogP contribution is -2.46. The fourth-order valence-corrected chi connectivity index (χ4v) is 3.26. The lowest BCUT2D eigenvalue weighted by molar-refractivity contribution is 0.0958. The third-order valence-corrected chi connectivity index (χ3v) is 4.73. The number of urea groups is 1. The van der Waals surface area contributed by atoms with Gasteiger partial charge in [0.15, 0.2) is 0 Å². The number of aryl methyl sites for hydroxylation is 1. The molecule has 1 fully saturated rings. The topological polar surface area (TPSA) is 116 Å². The first kappa shape index (κ1) is 20.6. The van der Waals surface area contributed by atoms with Gasteiger partial charge in [0.2, 0.25) is 0 Å². The van der Waals surface area contributed by atoms with Crippen LogP contribution in [0.1, 0.15) is 28.8 Å². The SMILES string of the molecule is CCNC(=O)Nc1nc(CN2CCN(c3ccc(C(=O)NC)nc3C)CC2)co1. The number of nitrogens with one attached hydrogen (secondary N) is 3. The number of piperazine rings is 1. The minimum absolute atomic E-state index is 0.182. The normalized spacial score (nSPS) is 14.5. The first-order valence-corrected chi connectivity index (χ1v) is 9.66. The van der Waals surface area contributed by atoms with Crippen LogP contribution in [0.2, 0.25) is 0 Å². The Balaban J connectivity index is 1.53. The zero-order valence-electron chi connectivity index (χ0n) is 17.0. The number of amides is 3. The highest BCUT2D eigenvalue weighted by atomic mass is 16.4.